The molecule has 3 rings (SSSR count). The Kier molecular flexibility index (Phi) is 5.18. The van der Waals surface area contributed by atoms with Crippen LogP contribution in [0.2, 0.25) is 0 Å². The fourth-order valence-electron chi connectivity index (χ4n) is 2.96. The Bertz CT molecular complexity index is 758. The third kappa shape index (κ3) is 3.90. The lowest BCUT2D eigenvalue weighted by atomic mass is 10.1. The van der Waals surface area contributed by atoms with E-state index in [4.69, 9.17) is 4.74 Å². The van der Waals surface area contributed by atoms with Gasteiger partial charge in [-0.3, -0.25) is 9.48 Å². The van der Waals surface area contributed by atoms with Crippen LogP contribution >= 0.6 is 0 Å². The molecule has 1 aliphatic rings. The van der Waals surface area contributed by atoms with Crippen molar-refractivity contribution in [2.75, 3.05) is 25.0 Å². The summed E-state index contributed by atoms with van der Waals surface area (Å²) in [6, 6.07) is 3.58. The molecule has 8 nitrogen and oxygen atoms in total. The van der Waals surface area contributed by atoms with E-state index in [2.05, 4.69) is 15.7 Å². The number of nitrogens with one attached hydrogen (secondary N) is 2. The van der Waals surface area contributed by atoms with E-state index in [0.29, 0.717) is 23.7 Å². The van der Waals surface area contributed by atoms with Crippen LogP contribution in [-0.2, 0) is 11.8 Å². The molecule has 2 aromatic heterocycles. The maximum absolute atomic E-state index is 12.4. The summed E-state index contributed by atoms with van der Waals surface area (Å²) >= 11 is 0. The molecule has 134 valence electrons. The Morgan fingerprint density at radius 2 is 2.32 bits per heavy atom. The van der Waals surface area contributed by atoms with Gasteiger partial charge in [0.15, 0.2) is 5.69 Å². The molecule has 1 fully saturated rings. The van der Waals surface area contributed by atoms with Gasteiger partial charge in [0.1, 0.15) is 5.69 Å². The van der Waals surface area contributed by atoms with Crippen LogP contribution in [0.15, 0.2) is 24.5 Å². The smallest absolute Gasteiger partial charge is 0.355 e. The second-order valence-corrected chi connectivity index (χ2v) is 6.08. The average Bonchev–Trinajstić information content (AvgIpc) is 3.23. The minimum absolute atomic E-state index is 0.280. The number of hydrogen-bond donors (Lipinski definition) is 2. The van der Waals surface area contributed by atoms with Crippen molar-refractivity contribution in [2.24, 2.45) is 7.05 Å². The molecule has 3 heterocycles. The molecule has 0 saturated carbocycles. The molecule has 0 aliphatic carbocycles. The number of aromatic nitrogens is 3. The molecule has 0 spiro atoms. The van der Waals surface area contributed by atoms with Gasteiger partial charge in [-0.15, -0.1) is 0 Å². The molecular weight excluding hydrogens is 322 g/mol. The predicted molar refractivity (Wildman–Crippen MR) is 92.7 cm³/mol. The molecule has 8 heteroatoms. The highest BCUT2D eigenvalue weighted by molar-refractivity contribution is 6.03. The van der Waals surface area contributed by atoms with Crippen molar-refractivity contribution in [3.8, 4) is 0 Å². The zero-order valence-electron chi connectivity index (χ0n) is 14.5. The van der Waals surface area contributed by atoms with Gasteiger partial charge < -0.3 is 19.9 Å². The third-order valence-corrected chi connectivity index (χ3v) is 4.23. The number of amides is 1. The first-order valence-electron chi connectivity index (χ1n) is 8.49. The summed E-state index contributed by atoms with van der Waals surface area (Å²) < 4.78 is 8.46. The van der Waals surface area contributed by atoms with E-state index in [9.17, 15) is 9.59 Å². The molecule has 1 saturated heterocycles. The number of carbonyl (C=O) groups excluding carboxylic acids is 2. The zero-order chi connectivity index (χ0) is 17.8. The van der Waals surface area contributed by atoms with Gasteiger partial charge in [0, 0.05) is 26.0 Å². The number of hydrogen-bond acceptors (Lipinski definition) is 5. The van der Waals surface area contributed by atoms with Crippen LogP contribution in [0.4, 0.5) is 5.69 Å². The van der Waals surface area contributed by atoms with Crippen LogP contribution < -0.4 is 10.6 Å². The highest BCUT2D eigenvalue weighted by Crippen LogP contribution is 2.17. The molecule has 25 heavy (non-hydrogen) atoms. The van der Waals surface area contributed by atoms with E-state index < -0.39 is 5.97 Å². The first kappa shape index (κ1) is 17.2. The maximum Gasteiger partial charge on any atom is 0.355 e. The van der Waals surface area contributed by atoms with Gasteiger partial charge in [-0.25, -0.2) is 4.79 Å². The van der Waals surface area contributed by atoms with Crippen LogP contribution in [0, 0.1) is 0 Å². The molecule has 1 atom stereocenters. The molecule has 2 N–H and O–H groups in total. The first-order valence-corrected chi connectivity index (χ1v) is 8.49. The van der Waals surface area contributed by atoms with Gasteiger partial charge in [0.2, 0.25) is 0 Å². The summed E-state index contributed by atoms with van der Waals surface area (Å²) in [5.41, 5.74) is 1.27. The fraction of sp³-hybridized carbons (Fsp3) is 0.471. The van der Waals surface area contributed by atoms with Crippen LogP contribution in [0.25, 0.3) is 0 Å². The van der Waals surface area contributed by atoms with Crippen molar-refractivity contribution < 1.29 is 14.3 Å². The van der Waals surface area contributed by atoms with Crippen molar-refractivity contribution in [3.63, 3.8) is 0 Å². The Hall–Kier alpha value is -2.61. The van der Waals surface area contributed by atoms with Crippen LogP contribution in [0.3, 0.4) is 0 Å². The lowest BCUT2D eigenvalue weighted by Gasteiger charge is -2.22. The van der Waals surface area contributed by atoms with E-state index in [1.165, 1.54) is 0 Å². The molecule has 1 aliphatic heterocycles. The minimum atomic E-state index is -0.417. The Balaban J connectivity index is 1.67. The number of aryl methyl sites for hydroxylation is 1. The van der Waals surface area contributed by atoms with Gasteiger partial charge in [-0.1, -0.05) is 0 Å². The van der Waals surface area contributed by atoms with Gasteiger partial charge in [0.05, 0.1) is 18.3 Å². The largest absolute Gasteiger partial charge is 0.461 e. The Morgan fingerprint density at radius 1 is 1.48 bits per heavy atom. The summed E-state index contributed by atoms with van der Waals surface area (Å²) in [7, 11) is 1.73. The van der Waals surface area contributed by atoms with Gasteiger partial charge >= 0.3 is 5.97 Å². The molecule has 0 aromatic carbocycles. The van der Waals surface area contributed by atoms with E-state index >= 15 is 0 Å². The first-order chi connectivity index (χ1) is 12.1. The van der Waals surface area contributed by atoms with Crippen molar-refractivity contribution in [1.29, 1.82) is 0 Å². The van der Waals surface area contributed by atoms with E-state index in [1.807, 2.05) is 10.9 Å². The van der Waals surface area contributed by atoms with E-state index in [1.54, 1.807) is 36.9 Å². The van der Waals surface area contributed by atoms with E-state index in [0.717, 1.165) is 25.9 Å². The summed E-state index contributed by atoms with van der Waals surface area (Å²) in [6.45, 7) is 3.95. The third-order valence-electron chi connectivity index (χ3n) is 4.23. The monoisotopic (exact) mass is 345 g/mol. The predicted octanol–water partition coefficient (Wildman–Crippen LogP) is 1.58. The minimum Gasteiger partial charge on any atom is -0.461 e. The maximum atomic E-state index is 12.4. The summed E-state index contributed by atoms with van der Waals surface area (Å²) in [4.78, 5) is 24.2. The number of nitrogens with zero attached hydrogens (tertiary/aromatic N) is 3. The second-order valence-electron chi connectivity index (χ2n) is 6.08. The number of esters is 1. The summed E-state index contributed by atoms with van der Waals surface area (Å²) in [5, 5.41) is 10.5. The van der Waals surface area contributed by atoms with Crippen molar-refractivity contribution in [1.82, 2.24) is 19.7 Å². The highest BCUT2D eigenvalue weighted by Gasteiger charge is 2.19. The second kappa shape index (κ2) is 7.52. The van der Waals surface area contributed by atoms with Crippen molar-refractivity contribution >= 4 is 17.6 Å². The number of ether oxygens (including phenoxy) is 1. The molecule has 2 aromatic rings. The van der Waals surface area contributed by atoms with Crippen molar-refractivity contribution in [3.05, 3.63) is 35.9 Å². The molecule has 0 radical (unpaired) electrons. The highest BCUT2D eigenvalue weighted by atomic mass is 16.5. The lowest BCUT2D eigenvalue weighted by molar-refractivity contribution is 0.0515. The average molecular weight is 345 g/mol. The molecular formula is C17H23N5O3. The number of anilines is 1. The molecule has 0 bridgehead atoms. The quantitative estimate of drug-likeness (QED) is 0.803. The summed E-state index contributed by atoms with van der Waals surface area (Å²) in [5.74, 6) is -0.719. The van der Waals surface area contributed by atoms with Gasteiger partial charge in [-0.2, -0.15) is 5.10 Å². The van der Waals surface area contributed by atoms with Crippen LogP contribution in [-0.4, -0.2) is 45.9 Å². The Morgan fingerprint density at radius 3 is 3.04 bits per heavy atom. The van der Waals surface area contributed by atoms with Gasteiger partial charge in [0.25, 0.3) is 5.91 Å². The zero-order valence-corrected chi connectivity index (χ0v) is 14.5. The topological polar surface area (TPSA) is 90.2 Å². The lowest BCUT2D eigenvalue weighted by Crippen LogP contribution is -2.32. The molecule has 1 amide bonds. The molecule has 1 unspecified atom stereocenters. The van der Waals surface area contributed by atoms with E-state index in [-0.39, 0.29) is 11.9 Å². The van der Waals surface area contributed by atoms with Crippen molar-refractivity contribution in [2.45, 2.75) is 25.8 Å². The number of rotatable bonds is 5. The van der Waals surface area contributed by atoms with Gasteiger partial charge in [-0.05, 0) is 38.4 Å². The number of carbonyl (C=O) groups is 2. The Labute approximate surface area is 146 Å². The fourth-order valence-corrected chi connectivity index (χ4v) is 2.96. The number of piperidine rings is 1. The van der Waals surface area contributed by atoms with Crippen LogP contribution in [0.5, 0.6) is 0 Å². The summed E-state index contributed by atoms with van der Waals surface area (Å²) in [6.07, 6.45) is 5.66. The normalized spacial score (nSPS) is 17.3. The van der Waals surface area contributed by atoms with Crippen LogP contribution in [0.1, 0.15) is 46.8 Å². The SMILES string of the molecule is CCOC(=O)c1cc(NC(=O)c2ccn(C3CCCNC3)n2)cn1C. The standard InChI is InChI=1S/C17H23N5O3/c1-3-25-17(24)15-9-12(11-21(15)2)19-16(23)14-6-8-22(20-14)13-5-4-7-18-10-13/h6,8-9,11,13,18H,3-5,7,10H2,1-2H3,(H,19,23).